The highest BCUT2D eigenvalue weighted by molar-refractivity contribution is 7.89. The summed E-state index contributed by atoms with van der Waals surface area (Å²) in [5, 5.41) is 0.206. The van der Waals surface area contributed by atoms with Gasteiger partial charge in [0.25, 0.3) is 10.0 Å². The molecule has 19 heavy (non-hydrogen) atoms. The van der Waals surface area contributed by atoms with Gasteiger partial charge in [0, 0.05) is 19.5 Å². The molecular weight excluding hydrogens is 262 g/mol. The first-order chi connectivity index (χ1) is 8.99. The number of nitrogens with one attached hydrogen (secondary N) is 1. The molecule has 1 heterocycles. The monoisotopic (exact) mass is 287 g/mol. The van der Waals surface area contributed by atoms with Crippen LogP contribution in [-0.4, -0.2) is 35.8 Å². The fourth-order valence-electron chi connectivity index (χ4n) is 2.03. The summed E-state index contributed by atoms with van der Waals surface area (Å²) in [6.45, 7) is 9.07. The molecule has 6 heteroatoms. The van der Waals surface area contributed by atoms with Gasteiger partial charge in [0.15, 0.2) is 5.03 Å². The lowest BCUT2D eigenvalue weighted by Crippen LogP contribution is -2.35. The molecule has 0 aliphatic carbocycles. The Hall–Kier alpha value is -0.880. The molecule has 0 fully saturated rings. The fourth-order valence-corrected chi connectivity index (χ4v) is 3.48. The van der Waals surface area contributed by atoms with Gasteiger partial charge in [-0.3, -0.25) is 0 Å². The SMILES string of the molecule is CCc1ncc(S(=O)(=O)N(CC)CC(CC)CC)[nH]1. The first-order valence-electron chi connectivity index (χ1n) is 7.03. The molecule has 1 N–H and O–H groups in total. The van der Waals surface area contributed by atoms with Crippen LogP contribution >= 0.6 is 0 Å². The summed E-state index contributed by atoms with van der Waals surface area (Å²) in [4.78, 5) is 6.96. The summed E-state index contributed by atoms with van der Waals surface area (Å²) in [7, 11) is -3.44. The number of imidazole rings is 1. The molecule has 5 nitrogen and oxygen atoms in total. The summed E-state index contributed by atoms with van der Waals surface area (Å²) in [5.41, 5.74) is 0. The number of nitrogens with zero attached hydrogens (tertiary/aromatic N) is 2. The van der Waals surface area contributed by atoms with Crippen molar-refractivity contribution >= 4 is 10.0 Å². The Labute approximate surface area is 116 Å². The molecule has 1 rings (SSSR count). The van der Waals surface area contributed by atoms with Gasteiger partial charge in [-0.25, -0.2) is 13.4 Å². The largest absolute Gasteiger partial charge is 0.332 e. The number of hydrogen-bond acceptors (Lipinski definition) is 3. The molecule has 0 amide bonds. The smallest absolute Gasteiger partial charge is 0.260 e. The zero-order valence-electron chi connectivity index (χ0n) is 12.3. The van der Waals surface area contributed by atoms with Crippen LogP contribution in [0, 0.1) is 5.92 Å². The Morgan fingerprint density at radius 1 is 1.26 bits per heavy atom. The Kier molecular flexibility index (Phi) is 6.00. The van der Waals surface area contributed by atoms with Gasteiger partial charge in [-0.05, 0) is 5.92 Å². The van der Waals surface area contributed by atoms with E-state index in [9.17, 15) is 8.42 Å². The van der Waals surface area contributed by atoms with Gasteiger partial charge in [-0.2, -0.15) is 4.31 Å². The van der Waals surface area contributed by atoms with Crippen LogP contribution in [0.15, 0.2) is 11.2 Å². The third-order valence-corrected chi connectivity index (χ3v) is 5.38. The highest BCUT2D eigenvalue weighted by Gasteiger charge is 2.26. The number of hydrogen-bond donors (Lipinski definition) is 1. The standard InChI is InChI=1S/C13H25N3O2S/c1-5-11(6-2)10-16(8-4)19(17,18)13-9-14-12(7-3)15-13/h9,11H,5-8,10H2,1-4H3,(H,14,15). The molecule has 1 aromatic heterocycles. The summed E-state index contributed by atoms with van der Waals surface area (Å²) >= 11 is 0. The van der Waals surface area contributed by atoms with Gasteiger partial charge in [-0.1, -0.05) is 40.5 Å². The number of sulfonamides is 1. The molecule has 110 valence electrons. The topological polar surface area (TPSA) is 66.1 Å². The number of aromatic nitrogens is 2. The van der Waals surface area contributed by atoms with E-state index in [0.717, 1.165) is 12.8 Å². The van der Waals surface area contributed by atoms with Crippen LogP contribution < -0.4 is 0 Å². The second-order valence-corrected chi connectivity index (χ2v) is 6.59. The Bertz CT molecular complexity index is 478. The van der Waals surface area contributed by atoms with E-state index in [0.29, 0.717) is 31.3 Å². The number of rotatable bonds is 8. The van der Waals surface area contributed by atoms with Crippen molar-refractivity contribution in [3.63, 3.8) is 0 Å². The molecular formula is C13H25N3O2S. The van der Waals surface area contributed by atoms with E-state index in [-0.39, 0.29) is 5.03 Å². The first kappa shape index (κ1) is 16.2. The molecule has 0 aromatic carbocycles. The lowest BCUT2D eigenvalue weighted by molar-refractivity contribution is 0.338. The third-order valence-electron chi connectivity index (χ3n) is 3.53. The van der Waals surface area contributed by atoms with Crippen LogP contribution in [0.2, 0.25) is 0 Å². The van der Waals surface area contributed by atoms with Gasteiger partial charge in [0.1, 0.15) is 5.82 Å². The minimum atomic E-state index is -3.44. The summed E-state index contributed by atoms with van der Waals surface area (Å²) in [6.07, 6.45) is 4.11. The maximum absolute atomic E-state index is 12.5. The zero-order chi connectivity index (χ0) is 14.5. The second kappa shape index (κ2) is 7.05. The summed E-state index contributed by atoms with van der Waals surface area (Å²) < 4.78 is 26.6. The van der Waals surface area contributed by atoms with Crippen molar-refractivity contribution in [3.8, 4) is 0 Å². The maximum atomic E-state index is 12.5. The van der Waals surface area contributed by atoms with Crippen LogP contribution in [0.5, 0.6) is 0 Å². The van der Waals surface area contributed by atoms with E-state index in [1.165, 1.54) is 10.5 Å². The molecule has 1 aromatic rings. The molecule has 0 radical (unpaired) electrons. The van der Waals surface area contributed by atoms with E-state index >= 15 is 0 Å². The number of aryl methyl sites for hydroxylation is 1. The molecule has 0 saturated carbocycles. The minimum Gasteiger partial charge on any atom is -0.332 e. The Morgan fingerprint density at radius 3 is 2.32 bits per heavy atom. The normalized spacial score (nSPS) is 12.5. The van der Waals surface area contributed by atoms with Crippen LogP contribution in [0.1, 0.15) is 46.4 Å². The molecule has 0 saturated heterocycles. The van der Waals surface area contributed by atoms with Gasteiger partial charge < -0.3 is 4.98 Å². The highest BCUT2D eigenvalue weighted by atomic mass is 32.2. The minimum absolute atomic E-state index is 0.206. The highest BCUT2D eigenvalue weighted by Crippen LogP contribution is 2.18. The molecule has 0 aliphatic rings. The quantitative estimate of drug-likeness (QED) is 0.798. The first-order valence-corrected chi connectivity index (χ1v) is 8.47. The average Bonchev–Trinajstić information content (AvgIpc) is 2.89. The molecule has 0 bridgehead atoms. The van der Waals surface area contributed by atoms with Crippen molar-refractivity contribution in [2.45, 2.75) is 52.0 Å². The number of aromatic amines is 1. The third kappa shape index (κ3) is 3.79. The van der Waals surface area contributed by atoms with Gasteiger partial charge in [0.2, 0.25) is 0 Å². The van der Waals surface area contributed by atoms with Crippen molar-refractivity contribution < 1.29 is 8.42 Å². The van der Waals surface area contributed by atoms with E-state index in [4.69, 9.17) is 0 Å². The van der Waals surface area contributed by atoms with Crippen LogP contribution in [-0.2, 0) is 16.4 Å². The van der Waals surface area contributed by atoms with E-state index in [2.05, 4.69) is 23.8 Å². The van der Waals surface area contributed by atoms with Gasteiger partial charge in [-0.15, -0.1) is 0 Å². The second-order valence-electron chi connectivity index (χ2n) is 4.69. The van der Waals surface area contributed by atoms with Crippen molar-refractivity contribution in [1.29, 1.82) is 0 Å². The molecule has 0 unspecified atom stereocenters. The summed E-state index contributed by atoms with van der Waals surface area (Å²) in [6, 6.07) is 0. The maximum Gasteiger partial charge on any atom is 0.260 e. The van der Waals surface area contributed by atoms with Crippen LogP contribution in [0.4, 0.5) is 0 Å². The Morgan fingerprint density at radius 2 is 1.89 bits per heavy atom. The summed E-state index contributed by atoms with van der Waals surface area (Å²) in [5.74, 6) is 1.11. The van der Waals surface area contributed by atoms with Crippen LogP contribution in [0.25, 0.3) is 0 Å². The fraction of sp³-hybridized carbons (Fsp3) is 0.769. The molecule has 0 aliphatic heterocycles. The lowest BCUT2D eigenvalue weighted by Gasteiger charge is -2.24. The Balaban J connectivity index is 2.95. The molecule has 0 atom stereocenters. The van der Waals surface area contributed by atoms with Crippen molar-refractivity contribution in [2.24, 2.45) is 5.92 Å². The van der Waals surface area contributed by atoms with Crippen molar-refractivity contribution in [1.82, 2.24) is 14.3 Å². The van der Waals surface area contributed by atoms with E-state index in [1.54, 1.807) is 0 Å². The van der Waals surface area contributed by atoms with Crippen LogP contribution in [0.3, 0.4) is 0 Å². The predicted octanol–water partition coefficient (Wildman–Crippen LogP) is 2.42. The average molecular weight is 287 g/mol. The van der Waals surface area contributed by atoms with Crippen molar-refractivity contribution in [3.05, 3.63) is 12.0 Å². The predicted molar refractivity (Wildman–Crippen MR) is 76.5 cm³/mol. The number of H-pyrrole nitrogens is 1. The zero-order valence-corrected chi connectivity index (χ0v) is 13.1. The van der Waals surface area contributed by atoms with Gasteiger partial charge >= 0.3 is 0 Å². The van der Waals surface area contributed by atoms with E-state index < -0.39 is 10.0 Å². The van der Waals surface area contributed by atoms with Gasteiger partial charge in [0.05, 0.1) is 6.20 Å². The van der Waals surface area contributed by atoms with Crippen molar-refractivity contribution in [2.75, 3.05) is 13.1 Å². The molecule has 0 spiro atoms. The lowest BCUT2D eigenvalue weighted by atomic mass is 10.0. The van der Waals surface area contributed by atoms with E-state index in [1.807, 2.05) is 13.8 Å².